The van der Waals surface area contributed by atoms with Gasteiger partial charge in [-0.05, 0) is 37.6 Å². The lowest BCUT2D eigenvalue weighted by molar-refractivity contribution is 0.108. The predicted octanol–water partition coefficient (Wildman–Crippen LogP) is 2.77. The van der Waals surface area contributed by atoms with Gasteiger partial charge in [0.25, 0.3) is 0 Å². The Bertz CT molecular complexity index is 387. The maximum atomic E-state index is 13.2. The van der Waals surface area contributed by atoms with Crippen LogP contribution in [0.5, 0.6) is 0 Å². The summed E-state index contributed by atoms with van der Waals surface area (Å²) < 4.78 is 14.2. The number of piperazine rings is 1. The summed E-state index contributed by atoms with van der Waals surface area (Å²) in [4.78, 5) is 2.41. The summed E-state index contributed by atoms with van der Waals surface area (Å²) in [5.74, 6) is -0.168. The minimum absolute atomic E-state index is 0.168. The van der Waals surface area contributed by atoms with Gasteiger partial charge in [0.05, 0.1) is 0 Å². The predicted molar refractivity (Wildman–Crippen MR) is 71.4 cm³/mol. The van der Waals surface area contributed by atoms with Crippen molar-refractivity contribution >= 4 is 15.9 Å². The first-order valence-corrected chi connectivity index (χ1v) is 6.77. The number of rotatable bonds is 2. The van der Waals surface area contributed by atoms with Crippen LogP contribution in [-0.4, -0.2) is 30.1 Å². The van der Waals surface area contributed by atoms with Crippen LogP contribution in [0, 0.1) is 5.82 Å². The fourth-order valence-electron chi connectivity index (χ4n) is 2.34. The van der Waals surface area contributed by atoms with Crippen LogP contribution in [-0.2, 0) is 6.54 Å². The summed E-state index contributed by atoms with van der Waals surface area (Å²) in [5.41, 5.74) is 1.02. The Balaban J connectivity index is 2.16. The highest BCUT2D eigenvalue weighted by molar-refractivity contribution is 9.10. The molecular formula is C13H18BrFN2. The van der Waals surface area contributed by atoms with Gasteiger partial charge in [-0.2, -0.15) is 0 Å². The van der Waals surface area contributed by atoms with Gasteiger partial charge >= 0.3 is 0 Å². The molecular weight excluding hydrogens is 283 g/mol. The summed E-state index contributed by atoms with van der Waals surface area (Å²) in [5, 5.41) is 3.40. The van der Waals surface area contributed by atoms with E-state index in [0.717, 1.165) is 29.7 Å². The van der Waals surface area contributed by atoms with E-state index in [1.54, 1.807) is 12.1 Å². The first-order chi connectivity index (χ1) is 8.08. The molecule has 0 saturated carbocycles. The Kier molecular flexibility index (Phi) is 4.17. The molecule has 0 spiro atoms. The fraction of sp³-hybridized carbons (Fsp3) is 0.538. The van der Waals surface area contributed by atoms with Crippen molar-refractivity contribution in [2.24, 2.45) is 0 Å². The monoisotopic (exact) mass is 300 g/mol. The van der Waals surface area contributed by atoms with E-state index in [9.17, 15) is 4.39 Å². The summed E-state index contributed by atoms with van der Waals surface area (Å²) in [6.07, 6.45) is 0. The van der Waals surface area contributed by atoms with Gasteiger partial charge in [-0.3, -0.25) is 4.90 Å². The molecule has 2 unspecified atom stereocenters. The van der Waals surface area contributed by atoms with Crippen molar-refractivity contribution in [3.05, 3.63) is 34.1 Å². The number of benzene rings is 1. The molecule has 1 saturated heterocycles. The Hall–Kier alpha value is -0.450. The molecule has 2 nitrogen and oxygen atoms in total. The zero-order chi connectivity index (χ0) is 12.4. The van der Waals surface area contributed by atoms with Gasteiger partial charge in [0.2, 0.25) is 0 Å². The van der Waals surface area contributed by atoms with Crippen LogP contribution in [0.2, 0.25) is 0 Å². The molecule has 1 heterocycles. The third-order valence-corrected chi connectivity index (χ3v) is 4.15. The highest BCUT2D eigenvalue weighted by Crippen LogP contribution is 2.22. The first kappa shape index (κ1) is 13.0. The summed E-state index contributed by atoms with van der Waals surface area (Å²) in [6, 6.07) is 5.84. The molecule has 1 aliphatic heterocycles. The molecule has 0 bridgehead atoms. The smallest absolute Gasteiger partial charge is 0.123 e. The van der Waals surface area contributed by atoms with Gasteiger partial charge in [0.15, 0.2) is 0 Å². The molecule has 1 aromatic carbocycles. The number of hydrogen-bond donors (Lipinski definition) is 1. The van der Waals surface area contributed by atoms with E-state index < -0.39 is 0 Å². The minimum Gasteiger partial charge on any atom is -0.314 e. The third kappa shape index (κ3) is 3.06. The average Bonchev–Trinajstić information content (AvgIpc) is 2.28. The van der Waals surface area contributed by atoms with Gasteiger partial charge < -0.3 is 5.32 Å². The maximum Gasteiger partial charge on any atom is 0.123 e. The van der Waals surface area contributed by atoms with Crippen molar-refractivity contribution in [2.45, 2.75) is 32.5 Å². The van der Waals surface area contributed by atoms with Crippen LogP contribution in [0.3, 0.4) is 0 Å². The average molecular weight is 301 g/mol. The highest BCUT2D eigenvalue weighted by atomic mass is 79.9. The van der Waals surface area contributed by atoms with E-state index in [1.807, 2.05) is 0 Å². The van der Waals surface area contributed by atoms with Crippen molar-refractivity contribution in [3.63, 3.8) is 0 Å². The standard InChI is InChI=1S/C13H18BrFN2/c1-9-6-16-7-10(2)17(9)8-11-5-12(15)3-4-13(11)14/h3-5,9-10,16H,6-8H2,1-2H3. The zero-order valence-electron chi connectivity index (χ0n) is 10.2. The summed E-state index contributed by atoms with van der Waals surface area (Å²) >= 11 is 3.49. The summed E-state index contributed by atoms with van der Waals surface area (Å²) in [6.45, 7) is 7.20. The van der Waals surface area contributed by atoms with E-state index in [-0.39, 0.29) is 5.82 Å². The second kappa shape index (κ2) is 5.46. The highest BCUT2D eigenvalue weighted by Gasteiger charge is 2.24. The Morgan fingerprint density at radius 2 is 2.00 bits per heavy atom. The SMILES string of the molecule is CC1CNCC(C)N1Cc1cc(F)ccc1Br. The van der Waals surface area contributed by atoms with Gasteiger partial charge in [0, 0.05) is 36.2 Å². The summed E-state index contributed by atoms with van der Waals surface area (Å²) in [7, 11) is 0. The molecule has 17 heavy (non-hydrogen) atoms. The quantitative estimate of drug-likeness (QED) is 0.903. The van der Waals surface area contributed by atoms with Crippen LogP contribution in [0.1, 0.15) is 19.4 Å². The normalized spacial score (nSPS) is 26.1. The second-order valence-electron chi connectivity index (χ2n) is 4.76. The number of nitrogens with one attached hydrogen (secondary N) is 1. The van der Waals surface area contributed by atoms with Gasteiger partial charge in [0.1, 0.15) is 5.82 Å². The van der Waals surface area contributed by atoms with Crippen molar-refractivity contribution in [1.82, 2.24) is 10.2 Å². The molecule has 4 heteroatoms. The molecule has 2 rings (SSSR count). The van der Waals surface area contributed by atoms with Crippen LogP contribution < -0.4 is 5.32 Å². The lowest BCUT2D eigenvalue weighted by Gasteiger charge is -2.39. The molecule has 1 aliphatic rings. The zero-order valence-corrected chi connectivity index (χ0v) is 11.8. The van der Waals surface area contributed by atoms with Crippen molar-refractivity contribution in [1.29, 1.82) is 0 Å². The van der Waals surface area contributed by atoms with Crippen LogP contribution in [0.25, 0.3) is 0 Å². The lowest BCUT2D eigenvalue weighted by atomic mass is 10.1. The van der Waals surface area contributed by atoms with Crippen LogP contribution in [0.15, 0.2) is 22.7 Å². The van der Waals surface area contributed by atoms with E-state index in [0.29, 0.717) is 12.1 Å². The van der Waals surface area contributed by atoms with Crippen molar-refractivity contribution in [2.75, 3.05) is 13.1 Å². The number of hydrogen-bond acceptors (Lipinski definition) is 2. The van der Waals surface area contributed by atoms with Crippen molar-refractivity contribution in [3.8, 4) is 0 Å². The second-order valence-corrected chi connectivity index (χ2v) is 5.62. The van der Waals surface area contributed by atoms with Crippen LogP contribution >= 0.6 is 15.9 Å². The molecule has 0 amide bonds. The van der Waals surface area contributed by atoms with E-state index >= 15 is 0 Å². The van der Waals surface area contributed by atoms with E-state index in [2.05, 4.69) is 40.0 Å². The maximum absolute atomic E-state index is 13.2. The molecule has 1 fully saturated rings. The first-order valence-electron chi connectivity index (χ1n) is 5.98. The number of halogens is 2. The fourth-order valence-corrected chi connectivity index (χ4v) is 2.71. The minimum atomic E-state index is -0.168. The van der Waals surface area contributed by atoms with Gasteiger partial charge in [-0.15, -0.1) is 0 Å². The largest absolute Gasteiger partial charge is 0.314 e. The van der Waals surface area contributed by atoms with Gasteiger partial charge in [-0.1, -0.05) is 15.9 Å². The Morgan fingerprint density at radius 1 is 1.35 bits per heavy atom. The lowest BCUT2D eigenvalue weighted by Crippen LogP contribution is -2.54. The molecule has 1 N–H and O–H groups in total. The Labute approximate surface area is 110 Å². The molecule has 0 aromatic heterocycles. The molecule has 0 radical (unpaired) electrons. The van der Waals surface area contributed by atoms with E-state index in [1.165, 1.54) is 6.07 Å². The topological polar surface area (TPSA) is 15.3 Å². The van der Waals surface area contributed by atoms with Gasteiger partial charge in [-0.25, -0.2) is 4.39 Å². The third-order valence-electron chi connectivity index (χ3n) is 3.37. The van der Waals surface area contributed by atoms with Crippen molar-refractivity contribution < 1.29 is 4.39 Å². The van der Waals surface area contributed by atoms with E-state index in [4.69, 9.17) is 0 Å². The Morgan fingerprint density at radius 3 is 2.65 bits per heavy atom. The molecule has 2 atom stereocenters. The molecule has 94 valence electrons. The van der Waals surface area contributed by atoms with Crippen LogP contribution in [0.4, 0.5) is 4.39 Å². The molecule has 0 aliphatic carbocycles. The molecule has 1 aromatic rings. The number of nitrogens with zero attached hydrogens (tertiary/aromatic N) is 1.